The van der Waals surface area contributed by atoms with Crippen molar-refractivity contribution in [2.24, 2.45) is 11.8 Å². The predicted molar refractivity (Wildman–Crippen MR) is 157 cm³/mol. The van der Waals surface area contributed by atoms with E-state index in [-0.39, 0.29) is 24.0 Å². The zero-order valence-corrected chi connectivity index (χ0v) is 23.6. The number of carboxylic acid groups (broad SMARTS) is 1. The molecule has 216 valence electrons. The molecular formula is C33H39N3O5. The maximum absolute atomic E-state index is 13.6. The van der Waals surface area contributed by atoms with Gasteiger partial charge in [0.05, 0.1) is 24.3 Å². The summed E-state index contributed by atoms with van der Waals surface area (Å²) in [4.78, 5) is 33.1. The van der Waals surface area contributed by atoms with E-state index in [1.165, 1.54) is 0 Å². The number of carboxylic acids is 1. The van der Waals surface area contributed by atoms with Crippen LogP contribution in [0.25, 0.3) is 0 Å². The van der Waals surface area contributed by atoms with Crippen LogP contribution < -0.4 is 9.64 Å². The Labute approximate surface area is 241 Å². The second-order valence-electron chi connectivity index (χ2n) is 11.2. The van der Waals surface area contributed by atoms with E-state index < -0.39 is 5.97 Å². The lowest BCUT2D eigenvalue weighted by Crippen LogP contribution is -2.38. The summed E-state index contributed by atoms with van der Waals surface area (Å²) in [6.07, 6.45) is 7.61. The van der Waals surface area contributed by atoms with E-state index in [4.69, 9.17) is 4.74 Å². The number of hydrogen-bond acceptors (Lipinski definition) is 6. The van der Waals surface area contributed by atoms with Crippen LogP contribution in [0.2, 0.25) is 0 Å². The van der Waals surface area contributed by atoms with Crippen LogP contribution in [0.15, 0.2) is 67.0 Å². The highest BCUT2D eigenvalue weighted by molar-refractivity contribution is 6.00. The van der Waals surface area contributed by atoms with Gasteiger partial charge in [-0.05, 0) is 97.9 Å². The van der Waals surface area contributed by atoms with E-state index in [0.29, 0.717) is 37.1 Å². The number of anilines is 1. The van der Waals surface area contributed by atoms with Gasteiger partial charge in [0, 0.05) is 44.6 Å². The fourth-order valence-electron chi connectivity index (χ4n) is 5.80. The molecule has 1 unspecified atom stereocenters. The fourth-order valence-corrected chi connectivity index (χ4v) is 5.80. The number of carbonyl (C=O) groups excluding carboxylic acids is 1. The van der Waals surface area contributed by atoms with Crippen molar-refractivity contribution in [2.45, 2.75) is 51.5 Å². The summed E-state index contributed by atoms with van der Waals surface area (Å²) in [7, 11) is 0. The quantitative estimate of drug-likeness (QED) is 0.294. The molecule has 0 radical (unpaired) electrons. The van der Waals surface area contributed by atoms with Crippen molar-refractivity contribution >= 4 is 17.6 Å². The third kappa shape index (κ3) is 7.37. The Morgan fingerprint density at radius 1 is 1.05 bits per heavy atom. The summed E-state index contributed by atoms with van der Waals surface area (Å²) in [5, 5.41) is 19.6. The molecular weight excluding hydrogens is 518 g/mol. The van der Waals surface area contributed by atoms with Gasteiger partial charge in [0.1, 0.15) is 11.5 Å². The van der Waals surface area contributed by atoms with E-state index in [2.05, 4.69) is 9.88 Å². The van der Waals surface area contributed by atoms with Gasteiger partial charge in [-0.1, -0.05) is 12.1 Å². The number of phenols is 1. The third-order valence-electron chi connectivity index (χ3n) is 8.32. The zero-order valence-electron chi connectivity index (χ0n) is 23.6. The topological polar surface area (TPSA) is 103 Å². The van der Waals surface area contributed by atoms with Gasteiger partial charge in [-0.25, -0.2) is 0 Å². The Hall–Kier alpha value is -4.07. The van der Waals surface area contributed by atoms with Gasteiger partial charge in [-0.15, -0.1) is 0 Å². The minimum absolute atomic E-state index is 0.0480. The molecule has 3 aromatic rings. The van der Waals surface area contributed by atoms with Crippen LogP contribution in [0.5, 0.6) is 11.5 Å². The van der Waals surface area contributed by atoms with E-state index in [9.17, 15) is 19.8 Å². The number of phenolic OH excluding ortho intramolecular Hbond substituents is 1. The normalized spacial score (nSPS) is 16.3. The molecule has 5 rings (SSSR count). The molecule has 2 aromatic carbocycles. The van der Waals surface area contributed by atoms with Gasteiger partial charge < -0.3 is 24.7 Å². The van der Waals surface area contributed by atoms with Crippen LogP contribution >= 0.6 is 0 Å². The average Bonchev–Trinajstić information content (AvgIpc) is 3.84. The number of rotatable bonds is 12. The van der Waals surface area contributed by atoms with Crippen molar-refractivity contribution in [1.29, 1.82) is 0 Å². The SMILES string of the molecule is CCN(Cc1ccncc1)C(=O)c1ccc(O)cc1N1CCC(COc2cccc(C(CC(=O)O)C3CC3)c2)CC1. The van der Waals surface area contributed by atoms with Crippen LogP contribution in [0.1, 0.15) is 66.4 Å². The Morgan fingerprint density at radius 3 is 2.49 bits per heavy atom. The molecule has 8 nitrogen and oxygen atoms in total. The summed E-state index contributed by atoms with van der Waals surface area (Å²) in [6.45, 7) is 5.15. The minimum Gasteiger partial charge on any atom is -0.508 e. The Morgan fingerprint density at radius 2 is 1.80 bits per heavy atom. The van der Waals surface area contributed by atoms with Crippen molar-refractivity contribution in [3.63, 3.8) is 0 Å². The van der Waals surface area contributed by atoms with Crippen molar-refractivity contribution in [3.05, 3.63) is 83.7 Å². The Kier molecular flexibility index (Phi) is 9.07. The molecule has 2 heterocycles. The summed E-state index contributed by atoms with van der Waals surface area (Å²) >= 11 is 0. The van der Waals surface area contributed by atoms with Crippen LogP contribution in [0.3, 0.4) is 0 Å². The summed E-state index contributed by atoms with van der Waals surface area (Å²) < 4.78 is 6.19. The number of aromatic hydroxyl groups is 1. The molecule has 8 heteroatoms. The molecule has 0 spiro atoms. The number of aromatic nitrogens is 1. The number of ether oxygens (including phenoxy) is 1. The van der Waals surface area contributed by atoms with E-state index in [1.54, 1.807) is 30.6 Å². The number of aliphatic carboxylic acids is 1. The van der Waals surface area contributed by atoms with Crippen molar-refractivity contribution in [3.8, 4) is 11.5 Å². The minimum atomic E-state index is -0.757. The van der Waals surface area contributed by atoms with Crippen molar-refractivity contribution in [2.75, 3.05) is 31.1 Å². The maximum atomic E-state index is 13.6. The van der Waals surface area contributed by atoms with Gasteiger partial charge in [0.25, 0.3) is 5.91 Å². The second kappa shape index (κ2) is 13.1. The number of piperidine rings is 1. The molecule has 2 aliphatic rings. The first kappa shape index (κ1) is 28.5. The molecule has 1 aliphatic heterocycles. The molecule has 1 amide bonds. The summed E-state index contributed by atoms with van der Waals surface area (Å²) in [5.74, 6) is 0.988. The van der Waals surface area contributed by atoms with E-state index in [1.807, 2.05) is 48.2 Å². The van der Waals surface area contributed by atoms with Crippen molar-refractivity contribution < 1.29 is 24.5 Å². The molecule has 2 N–H and O–H groups in total. The molecule has 1 aromatic heterocycles. The number of amides is 1. The largest absolute Gasteiger partial charge is 0.508 e. The number of carbonyl (C=O) groups is 2. The van der Waals surface area contributed by atoms with Gasteiger partial charge in [-0.2, -0.15) is 0 Å². The van der Waals surface area contributed by atoms with Gasteiger partial charge in [0.15, 0.2) is 0 Å². The number of benzene rings is 2. The molecule has 1 saturated carbocycles. The monoisotopic (exact) mass is 557 g/mol. The van der Waals surface area contributed by atoms with Gasteiger partial charge in [0.2, 0.25) is 0 Å². The maximum Gasteiger partial charge on any atom is 0.303 e. The number of pyridine rings is 1. The highest BCUT2D eigenvalue weighted by atomic mass is 16.5. The van der Waals surface area contributed by atoms with E-state index >= 15 is 0 Å². The first-order valence-corrected chi connectivity index (χ1v) is 14.6. The predicted octanol–water partition coefficient (Wildman–Crippen LogP) is 5.71. The highest BCUT2D eigenvalue weighted by Gasteiger charge is 2.34. The van der Waals surface area contributed by atoms with Gasteiger partial charge in [-0.3, -0.25) is 14.6 Å². The number of hydrogen-bond donors (Lipinski definition) is 2. The lowest BCUT2D eigenvalue weighted by molar-refractivity contribution is -0.137. The van der Waals surface area contributed by atoms with Gasteiger partial charge >= 0.3 is 5.97 Å². The molecule has 1 aliphatic carbocycles. The molecule has 41 heavy (non-hydrogen) atoms. The third-order valence-corrected chi connectivity index (χ3v) is 8.32. The van der Waals surface area contributed by atoms with Crippen LogP contribution in [0, 0.1) is 11.8 Å². The fraction of sp³-hybridized carbons (Fsp3) is 0.424. The lowest BCUT2D eigenvalue weighted by atomic mass is 9.91. The van der Waals surface area contributed by atoms with E-state index in [0.717, 1.165) is 61.3 Å². The Bertz CT molecular complexity index is 1340. The Balaban J connectivity index is 1.20. The van der Waals surface area contributed by atoms with Crippen LogP contribution in [-0.2, 0) is 11.3 Å². The average molecular weight is 558 g/mol. The zero-order chi connectivity index (χ0) is 28.8. The first-order valence-electron chi connectivity index (χ1n) is 14.6. The molecule has 2 fully saturated rings. The molecule has 1 saturated heterocycles. The summed E-state index contributed by atoms with van der Waals surface area (Å²) in [5.41, 5.74) is 3.43. The molecule has 1 atom stereocenters. The first-order chi connectivity index (χ1) is 19.9. The molecule has 0 bridgehead atoms. The van der Waals surface area contributed by atoms with Crippen LogP contribution in [-0.4, -0.2) is 58.2 Å². The highest BCUT2D eigenvalue weighted by Crippen LogP contribution is 2.45. The van der Waals surface area contributed by atoms with Crippen LogP contribution in [0.4, 0.5) is 5.69 Å². The number of nitrogens with zero attached hydrogens (tertiary/aromatic N) is 3. The summed E-state index contributed by atoms with van der Waals surface area (Å²) in [6, 6.07) is 16.8. The lowest BCUT2D eigenvalue weighted by Gasteiger charge is -2.35. The standard InChI is InChI=1S/C33H39N3O5/c1-2-35(21-23-10-14-34-15-11-23)33(40)29-9-8-27(37)19-31(29)36-16-12-24(13-17-36)22-41-28-5-3-4-26(18-28)30(20-32(38)39)25-6-7-25/h3-5,8-11,14-15,18-19,24-25,30,37H,2,6-7,12-13,16-17,20-22H2,1H3,(H,38,39). The smallest absolute Gasteiger partial charge is 0.303 e. The van der Waals surface area contributed by atoms with Crippen molar-refractivity contribution in [1.82, 2.24) is 9.88 Å². The second-order valence-corrected chi connectivity index (χ2v) is 11.2.